The fraction of sp³-hybridized carbons (Fsp3) is 0.312. The second-order valence-electron chi connectivity index (χ2n) is 5.66. The zero-order valence-corrected chi connectivity index (χ0v) is 12.3. The van der Waals surface area contributed by atoms with Crippen LogP contribution in [0.5, 0.6) is 0 Å². The molecule has 0 aliphatic carbocycles. The van der Waals surface area contributed by atoms with Crippen LogP contribution in [-0.4, -0.2) is 26.1 Å². The number of imidazole rings is 1. The molecule has 1 unspecified atom stereocenters. The van der Waals surface area contributed by atoms with Crippen LogP contribution in [0.4, 0.5) is 10.2 Å². The third-order valence-electron chi connectivity index (χ3n) is 4.20. The normalized spacial score (nSPS) is 18.3. The van der Waals surface area contributed by atoms with Gasteiger partial charge in [-0.3, -0.25) is 4.98 Å². The van der Waals surface area contributed by atoms with Crippen molar-refractivity contribution in [1.82, 2.24) is 19.5 Å². The second kappa shape index (κ2) is 5.05. The van der Waals surface area contributed by atoms with Gasteiger partial charge in [0, 0.05) is 19.8 Å². The summed E-state index contributed by atoms with van der Waals surface area (Å²) in [5.41, 5.74) is 2.65. The van der Waals surface area contributed by atoms with E-state index < -0.39 is 0 Å². The van der Waals surface area contributed by atoms with Gasteiger partial charge in [0.1, 0.15) is 17.2 Å². The molecule has 3 aromatic heterocycles. The highest BCUT2D eigenvalue weighted by Crippen LogP contribution is 2.35. The smallest absolute Gasteiger partial charge is 0.161 e. The number of anilines is 1. The second-order valence-corrected chi connectivity index (χ2v) is 5.66. The summed E-state index contributed by atoms with van der Waals surface area (Å²) in [7, 11) is 1.93. The van der Waals surface area contributed by atoms with Crippen molar-refractivity contribution in [3.05, 3.63) is 48.3 Å². The molecule has 0 spiro atoms. The zero-order chi connectivity index (χ0) is 15.1. The Labute approximate surface area is 127 Å². The lowest BCUT2D eigenvalue weighted by molar-refractivity contribution is 0.610. The molecule has 1 saturated heterocycles. The first-order chi connectivity index (χ1) is 10.7. The molecule has 1 aliphatic rings. The van der Waals surface area contributed by atoms with E-state index in [9.17, 15) is 4.39 Å². The van der Waals surface area contributed by atoms with Crippen molar-refractivity contribution in [2.75, 3.05) is 11.4 Å². The first-order valence-corrected chi connectivity index (χ1v) is 7.37. The van der Waals surface area contributed by atoms with E-state index in [1.807, 2.05) is 23.7 Å². The van der Waals surface area contributed by atoms with E-state index in [1.165, 1.54) is 6.20 Å². The van der Waals surface area contributed by atoms with Crippen LogP contribution in [0, 0.1) is 5.82 Å². The SMILES string of the molecule is Cn1cnc2ccc(N3CCCC3c3cncc(F)c3)nc21. The van der Waals surface area contributed by atoms with Crippen LogP contribution in [0.3, 0.4) is 0 Å². The summed E-state index contributed by atoms with van der Waals surface area (Å²) in [6.07, 6.45) is 6.79. The van der Waals surface area contributed by atoms with Gasteiger partial charge in [-0.05, 0) is 36.6 Å². The van der Waals surface area contributed by atoms with Crippen LogP contribution in [0.25, 0.3) is 11.2 Å². The third-order valence-corrected chi connectivity index (χ3v) is 4.20. The minimum Gasteiger partial charge on any atom is -0.349 e. The standard InChI is InChI=1S/C16H16FN5/c1-21-10-19-13-4-5-15(20-16(13)21)22-6-2-3-14(22)11-7-12(17)9-18-8-11/h4-5,7-10,14H,2-3,6H2,1H3. The minimum absolute atomic E-state index is 0.126. The van der Waals surface area contributed by atoms with E-state index >= 15 is 0 Å². The van der Waals surface area contributed by atoms with E-state index in [2.05, 4.69) is 14.9 Å². The Morgan fingerprint density at radius 2 is 2.18 bits per heavy atom. The van der Waals surface area contributed by atoms with Gasteiger partial charge < -0.3 is 9.47 Å². The van der Waals surface area contributed by atoms with E-state index in [0.717, 1.165) is 41.9 Å². The molecule has 0 bridgehead atoms. The summed E-state index contributed by atoms with van der Waals surface area (Å²) in [5.74, 6) is 0.613. The molecule has 4 heterocycles. The quantitative estimate of drug-likeness (QED) is 0.730. The van der Waals surface area contributed by atoms with Crippen molar-refractivity contribution in [1.29, 1.82) is 0 Å². The summed E-state index contributed by atoms with van der Waals surface area (Å²) >= 11 is 0. The maximum atomic E-state index is 13.5. The van der Waals surface area contributed by atoms with Gasteiger partial charge in [0.2, 0.25) is 0 Å². The van der Waals surface area contributed by atoms with Crippen LogP contribution in [-0.2, 0) is 7.05 Å². The molecule has 112 valence electrons. The average Bonchev–Trinajstić information content (AvgIpc) is 3.14. The molecule has 0 radical (unpaired) electrons. The Balaban J connectivity index is 1.74. The molecule has 0 amide bonds. The highest BCUT2D eigenvalue weighted by atomic mass is 19.1. The predicted molar refractivity (Wildman–Crippen MR) is 82.0 cm³/mol. The number of pyridine rings is 2. The monoisotopic (exact) mass is 297 g/mol. The van der Waals surface area contributed by atoms with Crippen molar-refractivity contribution < 1.29 is 4.39 Å². The largest absolute Gasteiger partial charge is 0.349 e. The summed E-state index contributed by atoms with van der Waals surface area (Å²) in [6.45, 7) is 0.914. The Morgan fingerprint density at radius 1 is 1.27 bits per heavy atom. The summed E-state index contributed by atoms with van der Waals surface area (Å²) in [5, 5.41) is 0. The van der Waals surface area contributed by atoms with Gasteiger partial charge in [0.25, 0.3) is 0 Å². The molecule has 1 aliphatic heterocycles. The summed E-state index contributed by atoms with van der Waals surface area (Å²) in [6, 6.07) is 5.66. The Bertz CT molecular complexity index is 828. The van der Waals surface area contributed by atoms with Gasteiger partial charge in [-0.25, -0.2) is 14.4 Å². The number of fused-ring (bicyclic) bond motifs is 1. The number of halogens is 1. The molecule has 0 saturated carbocycles. The lowest BCUT2D eigenvalue weighted by Gasteiger charge is -2.26. The average molecular weight is 297 g/mol. The molecule has 22 heavy (non-hydrogen) atoms. The molecule has 4 rings (SSSR count). The van der Waals surface area contributed by atoms with Crippen molar-refractivity contribution >= 4 is 17.0 Å². The molecule has 5 nitrogen and oxygen atoms in total. The number of hydrogen-bond acceptors (Lipinski definition) is 4. The van der Waals surface area contributed by atoms with Crippen molar-refractivity contribution in [2.24, 2.45) is 7.05 Å². The molecule has 1 fully saturated rings. The number of rotatable bonds is 2. The lowest BCUT2D eigenvalue weighted by atomic mass is 10.1. The van der Waals surface area contributed by atoms with Crippen LogP contribution in [0.1, 0.15) is 24.4 Å². The predicted octanol–water partition coefficient (Wildman–Crippen LogP) is 2.84. The molecular formula is C16H16FN5. The van der Waals surface area contributed by atoms with Gasteiger partial charge in [-0.2, -0.15) is 0 Å². The Morgan fingerprint density at radius 3 is 3.05 bits per heavy atom. The fourth-order valence-corrected chi connectivity index (χ4v) is 3.15. The van der Waals surface area contributed by atoms with E-state index in [4.69, 9.17) is 4.98 Å². The molecule has 0 aromatic carbocycles. The number of hydrogen-bond donors (Lipinski definition) is 0. The topological polar surface area (TPSA) is 46.8 Å². The highest BCUT2D eigenvalue weighted by Gasteiger charge is 2.28. The maximum absolute atomic E-state index is 13.5. The number of aromatic nitrogens is 4. The Hall–Kier alpha value is -2.50. The molecule has 6 heteroatoms. The first-order valence-electron chi connectivity index (χ1n) is 7.37. The van der Waals surface area contributed by atoms with Crippen LogP contribution in [0.2, 0.25) is 0 Å². The Kier molecular flexibility index (Phi) is 3.03. The van der Waals surface area contributed by atoms with Gasteiger partial charge in [0.15, 0.2) is 5.65 Å². The molecule has 0 N–H and O–H groups in total. The van der Waals surface area contributed by atoms with Gasteiger partial charge in [-0.15, -0.1) is 0 Å². The first kappa shape index (κ1) is 13.2. The van der Waals surface area contributed by atoms with Crippen LogP contribution >= 0.6 is 0 Å². The third kappa shape index (κ3) is 2.11. The van der Waals surface area contributed by atoms with E-state index in [0.29, 0.717) is 0 Å². The van der Waals surface area contributed by atoms with Gasteiger partial charge in [0.05, 0.1) is 18.6 Å². The molecule has 1 atom stereocenters. The fourth-order valence-electron chi connectivity index (χ4n) is 3.15. The van der Waals surface area contributed by atoms with Crippen molar-refractivity contribution in [3.8, 4) is 0 Å². The lowest BCUT2D eigenvalue weighted by Crippen LogP contribution is -2.23. The number of nitrogens with zero attached hydrogens (tertiary/aromatic N) is 5. The van der Waals surface area contributed by atoms with Crippen molar-refractivity contribution in [2.45, 2.75) is 18.9 Å². The van der Waals surface area contributed by atoms with Crippen molar-refractivity contribution in [3.63, 3.8) is 0 Å². The summed E-state index contributed by atoms with van der Waals surface area (Å²) in [4.78, 5) is 15.2. The van der Waals surface area contributed by atoms with Crippen LogP contribution in [0.15, 0.2) is 36.9 Å². The van der Waals surface area contributed by atoms with E-state index in [-0.39, 0.29) is 11.9 Å². The molecule has 3 aromatic rings. The van der Waals surface area contributed by atoms with E-state index in [1.54, 1.807) is 18.6 Å². The van der Waals surface area contributed by atoms with Crippen LogP contribution < -0.4 is 4.90 Å². The van der Waals surface area contributed by atoms with Gasteiger partial charge in [-0.1, -0.05) is 0 Å². The molecular weight excluding hydrogens is 281 g/mol. The summed E-state index contributed by atoms with van der Waals surface area (Å²) < 4.78 is 15.4. The maximum Gasteiger partial charge on any atom is 0.161 e. The highest BCUT2D eigenvalue weighted by molar-refractivity contribution is 5.73. The number of aryl methyl sites for hydroxylation is 1. The minimum atomic E-state index is -0.292. The van der Waals surface area contributed by atoms with Gasteiger partial charge >= 0.3 is 0 Å². The zero-order valence-electron chi connectivity index (χ0n) is 12.3.